The van der Waals surface area contributed by atoms with E-state index < -0.39 is 0 Å². The third-order valence-corrected chi connectivity index (χ3v) is 4.78. The van der Waals surface area contributed by atoms with Crippen LogP contribution in [0.5, 0.6) is 0 Å². The van der Waals surface area contributed by atoms with Crippen molar-refractivity contribution in [2.75, 3.05) is 6.54 Å². The summed E-state index contributed by atoms with van der Waals surface area (Å²) >= 11 is 0. The van der Waals surface area contributed by atoms with Gasteiger partial charge in [-0.1, -0.05) is 44.2 Å². The smallest absolute Gasteiger partial charge is 0.0281 e. The predicted molar refractivity (Wildman–Crippen MR) is 86.8 cm³/mol. The van der Waals surface area contributed by atoms with Crippen molar-refractivity contribution < 1.29 is 0 Å². The van der Waals surface area contributed by atoms with Crippen LogP contribution in [0.15, 0.2) is 30.3 Å². The van der Waals surface area contributed by atoms with Gasteiger partial charge in [0.15, 0.2) is 0 Å². The fraction of sp³-hybridized carbons (Fsp3) is 0.667. The maximum Gasteiger partial charge on any atom is 0.0281 e. The number of rotatable bonds is 6. The topological polar surface area (TPSA) is 38.0 Å². The molecule has 3 N–H and O–H groups in total. The number of nitrogens with two attached hydrogens (primary N) is 1. The molecule has 2 atom stereocenters. The molecule has 2 nitrogen and oxygen atoms in total. The quantitative estimate of drug-likeness (QED) is 0.833. The summed E-state index contributed by atoms with van der Waals surface area (Å²) in [6.07, 6.45) is 6.08. The van der Waals surface area contributed by atoms with Crippen molar-refractivity contribution in [3.63, 3.8) is 0 Å². The molecule has 0 radical (unpaired) electrons. The molecule has 0 spiro atoms. The van der Waals surface area contributed by atoms with Crippen molar-refractivity contribution in [2.45, 2.75) is 64.5 Å². The lowest BCUT2D eigenvalue weighted by molar-refractivity contribution is 0.281. The molecule has 0 aromatic heterocycles. The second-order valence-corrected chi connectivity index (χ2v) is 7.50. The summed E-state index contributed by atoms with van der Waals surface area (Å²) in [6.45, 7) is 7.73. The first-order chi connectivity index (χ1) is 9.42. The van der Waals surface area contributed by atoms with E-state index in [0.29, 0.717) is 18.0 Å². The minimum absolute atomic E-state index is 0.0565. The average molecular weight is 274 g/mol. The second kappa shape index (κ2) is 6.28. The monoisotopic (exact) mass is 274 g/mol. The first-order valence-corrected chi connectivity index (χ1v) is 7.94. The molecule has 1 saturated carbocycles. The molecule has 2 unspecified atom stereocenters. The van der Waals surface area contributed by atoms with Crippen LogP contribution in [-0.4, -0.2) is 18.1 Å². The fourth-order valence-corrected chi connectivity index (χ4v) is 3.35. The highest BCUT2D eigenvalue weighted by Crippen LogP contribution is 2.37. The molecule has 1 aliphatic rings. The summed E-state index contributed by atoms with van der Waals surface area (Å²) in [5.74, 6) is 0. The highest BCUT2D eigenvalue weighted by molar-refractivity contribution is 5.15. The molecule has 1 aromatic carbocycles. The largest absolute Gasteiger partial charge is 0.329 e. The van der Waals surface area contributed by atoms with E-state index in [9.17, 15) is 0 Å². The lowest BCUT2D eigenvalue weighted by Crippen LogP contribution is -2.52. The van der Waals surface area contributed by atoms with Gasteiger partial charge >= 0.3 is 0 Å². The van der Waals surface area contributed by atoms with Crippen LogP contribution in [0.1, 0.15) is 52.0 Å². The van der Waals surface area contributed by atoms with E-state index in [-0.39, 0.29) is 5.54 Å². The average Bonchev–Trinajstić information content (AvgIpc) is 2.77. The maximum absolute atomic E-state index is 6.05. The first-order valence-electron chi connectivity index (χ1n) is 7.94. The van der Waals surface area contributed by atoms with E-state index in [0.717, 1.165) is 12.8 Å². The summed E-state index contributed by atoms with van der Waals surface area (Å²) in [5.41, 5.74) is 8.01. The van der Waals surface area contributed by atoms with Gasteiger partial charge in [-0.15, -0.1) is 0 Å². The van der Waals surface area contributed by atoms with E-state index >= 15 is 0 Å². The Kier molecular flexibility index (Phi) is 4.87. The van der Waals surface area contributed by atoms with Gasteiger partial charge in [0, 0.05) is 18.1 Å². The van der Waals surface area contributed by atoms with Crippen LogP contribution in [0, 0.1) is 5.41 Å². The summed E-state index contributed by atoms with van der Waals surface area (Å²) in [6, 6.07) is 11.3. The Labute approximate surface area is 124 Å². The van der Waals surface area contributed by atoms with Gasteiger partial charge in [-0.2, -0.15) is 0 Å². The molecular formula is C18H30N2. The minimum atomic E-state index is 0.0565. The molecule has 1 aromatic rings. The Hall–Kier alpha value is -0.860. The second-order valence-electron chi connectivity index (χ2n) is 7.50. The standard InChI is InChI=1S/C18H30N2/c1-17(2)11-10-16(13-17)20-18(3,14-19)12-9-15-7-5-4-6-8-15/h4-8,16,20H,9-14,19H2,1-3H3. The first kappa shape index (κ1) is 15.5. The third-order valence-electron chi connectivity index (χ3n) is 4.78. The SMILES string of the molecule is CC1(C)CCC(NC(C)(CN)CCc2ccccc2)C1. The Bertz CT molecular complexity index is 413. The zero-order valence-electron chi connectivity index (χ0n) is 13.3. The van der Waals surface area contributed by atoms with Crippen LogP contribution in [0.25, 0.3) is 0 Å². The molecule has 0 amide bonds. The van der Waals surface area contributed by atoms with E-state index in [1.165, 1.54) is 24.8 Å². The number of hydrogen-bond donors (Lipinski definition) is 2. The van der Waals surface area contributed by atoms with Crippen molar-refractivity contribution >= 4 is 0 Å². The Balaban J connectivity index is 1.89. The van der Waals surface area contributed by atoms with Gasteiger partial charge in [0.1, 0.15) is 0 Å². The van der Waals surface area contributed by atoms with Crippen molar-refractivity contribution in [3.05, 3.63) is 35.9 Å². The van der Waals surface area contributed by atoms with Crippen molar-refractivity contribution in [2.24, 2.45) is 11.1 Å². The van der Waals surface area contributed by atoms with Crippen LogP contribution in [0.4, 0.5) is 0 Å². The minimum Gasteiger partial charge on any atom is -0.329 e. The number of benzene rings is 1. The lowest BCUT2D eigenvalue weighted by atomic mass is 9.90. The van der Waals surface area contributed by atoms with Gasteiger partial charge in [0.25, 0.3) is 0 Å². The van der Waals surface area contributed by atoms with Crippen LogP contribution in [0.3, 0.4) is 0 Å². The molecule has 2 rings (SSSR count). The van der Waals surface area contributed by atoms with Crippen LogP contribution >= 0.6 is 0 Å². The molecule has 0 bridgehead atoms. The molecular weight excluding hydrogens is 244 g/mol. The van der Waals surface area contributed by atoms with Crippen molar-refractivity contribution in [3.8, 4) is 0 Å². The number of aryl methyl sites for hydroxylation is 1. The molecule has 0 saturated heterocycles. The third kappa shape index (κ3) is 4.32. The van der Waals surface area contributed by atoms with E-state index in [1.807, 2.05) is 0 Å². The highest BCUT2D eigenvalue weighted by atomic mass is 15.0. The normalized spacial score (nSPS) is 24.5. The van der Waals surface area contributed by atoms with E-state index in [1.54, 1.807) is 0 Å². The molecule has 0 heterocycles. The zero-order valence-corrected chi connectivity index (χ0v) is 13.3. The summed E-state index contributed by atoms with van der Waals surface area (Å²) in [4.78, 5) is 0. The summed E-state index contributed by atoms with van der Waals surface area (Å²) in [5, 5.41) is 3.84. The number of nitrogens with one attached hydrogen (secondary N) is 1. The Morgan fingerprint density at radius 1 is 1.30 bits per heavy atom. The van der Waals surface area contributed by atoms with Crippen LogP contribution in [0.2, 0.25) is 0 Å². The highest BCUT2D eigenvalue weighted by Gasteiger charge is 2.34. The van der Waals surface area contributed by atoms with Gasteiger partial charge in [-0.05, 0) is 50.0 Å². The van der Waals surface area contributed by atoms with Gasteiger partial charge in [-0.25, -0.2) is 0 Å². The van der Waals surface area contributed by atoms with Crippen LogP contribution < -0.4 is 11.1 Å². The molecule has 1 aliphatic carbocycles. The van der Waals surface area contributed by atoms with Crippen LogP contribution in [-0.2, 0) is 6.42 Å². The van der Waals surface area contributed by atoms with Gasteiger partial charge in [0.05, 0.1) is 0 Å². The predicted octanol–water partition coefficient (Wildman–Crippen LogP) is 3.50. The molecule has 20 heavy (non-hydrogen) atoms. The van der Waals surface area contributed by atoms with E-state index in [2.05, 4.69) is 56.4 Å². The van der Waals surface area contributed by atoms with Gasteiger partial charge in [0.2, 0.25) is 0 Å². The molecule has 2 heteroatoms. The van der Waals surface area contributed by atoms with Gasteiger partial charge in [-0.3, -0.25) is 0 Å². The molecule has 0 aliphatic heterocycles. The number of hydrogen-bond acceptors (Lipinski definition) is 2. The summed E-state index contributed by atoms with van der Waals surface area (Å²) < 4.78 is 0. The maximum atomic E-state index is 6.05. The Morgan fingerprint density at radius 3 is 2.55 bits per heavy atom. The van der Waals surface area contributed by atoms with E-state index in [4.69, 9.17) is 5.73 Å². The lowest BCUT2D eigenvalue weighted by Gasteiger charge is -2.33. The molecule has 112 valence electrons. The van der Waals surface area contributed by atoms with Gasteiger partial charge < -0.3 is 11.1 Å². The van der Waals surface area contributed by atoms with Crippen molar-refractivity contribution in [1.82, 2.24) is 5.32 Å². The summed E-state index contributed by atoms with van der Waals surface area (Å²) in [7, 11) is 0. The molecule has 1 fully saturated rings. The Morgan fingerprint density at radius 2 is 2.00 bits per heavy atom. The van der Waals surface area contributed by atoms with Crippen molar-refractivity contribution in [1.29, 1.82) is 0 Å². The zero-order chi connectivity index (χ0) is 14.6. The fourth-order valence-electron chi connectivity index (χ4n) is 3.35.